The first kappa shape index (κ1) is 17.4. The summed E-state index contributed by atoms with van der Waals surface area (Å²) in [5.74, 6) is 2.23. The van der Waals surface area contributed by atoms with Crippen molar-refractivity contribution in [2.45, 2.75) is 26.3 Å². The van der Waals surface area contributed by atoms with Crippen molar-refractivity contribution in [3.63, 3.8) is 0 Å². The van der Waals surface area contributed by atoms with Gasteiger partial charge in [-0.3, -0.25) is 9.69 Å². The SMILES string of the molecule is CCCc1noc(CN2CCN(C(=O)c3ccc(OC)cc3)CC2)n1. The Morgan fingerprint density at radius 3 is 2.56 bits per heavy atom. The minimum absolute atomic E-state index is 0.0605. The summed E-state index contributed by atoms with van der Waals surface area (Å²) in [7, 11) is 1.62. The van der Waals surface area contributed by atoms with Crippen LogP contribution in [0.4, 0.5) is 0 Å². The molecule has 7 nitrogen and oxygen atoms in total. The molecule has 7 heteroatoms. The highest BCUT2D eigenvalue weighted by Gasteiger charge is 2.23. The van der Waals surface area contributed by atoms with E-state index in [1.807, 2.05) is 17.0 Å². The van der Waals surface area contributed by atoms with Crippen molar-refractivity contribution in [1.82, 2.24) is 19.9 Å². The number of aryl methyl sites for hydroxylation is 1. The van der Waals surface area contributed by atoms with E-state index in [-0.39, 0.29) is 5.91 Å². The average Bonchev–Trinajstić information content (AvgIpc) is 3.09. The summed E-state index contributed by atoms with van der Waals surface area (Å²) in [5.41, 5.74) is 0.690. The molecule has 134 valence electrons. The molecule has 25 heavy (non-hydrogen) atoms. The fourth-order valence-electron chi connectivity index (χ4n) is 2.90. The van der Waals surface area contributed by atoms with Gasteiger partial charge in [0.2, 0.25) is 5.89 Å². The molecule has 0 saturated carbocycles. The highest BCUT2D eigenvalue weighted by Crippen LogP contribution is 2.15. The van der Waals surface area contributed by atoms with Crippen LogP contribution in [0.5, 0.6) is 5.75 Å². The van der Waals surface area contributed by atoms with Crippen molar-refractivity contribution >= 4 is 5.91 Å². The molecule has 2 heterocycles. The van der Waals surface area contributed by atoms with Crippen LogP contribution in [0.2, 0.25) is 0 Å². The van der Waals surface area contributed by atoms with Crippen LogP contribution in [0.25, 0.3) is 0 Å². The van der Waals surface area contributed by atoms with Gasteiger partial charge in [-0.2, -0.15) is 4.98 Å². The summed E-state index contributed by atoms with van der Waals surface area (Å²) in [6, 6.07) is 7.24. The first-order valence-electron chi connectivity index (χ1n) is 8.66. The molecule has 0 N–H and O–H groups in total. The number of carbonyl (C=O) groups is 1. The van der Waals surface area contributed by atoms with Crippen molar-refractivity contribution in [3.8, 4) is 5.75 Å². The van der Waals surface area contributed by atoms with E-state index in [4.69, 9.17) is 9.26 Å². The number of benzene rings is 1. The van der Waals surface area contributed by atoms with E-state index in [1.165, 1.54) is 0 Å². The lowest BCUT2D eigenvalue weighted by Gasteiger charge is -2.34. The van der Waals surface area contributed by atoms with Crippen molar-refractivity contribution in [3.05, 3.63) is 41.5 Å². The number of nitrogens with zero attached hydrogens (tertiary/aromatic N) is 4. The van der Waals surface area contributed by atoms with Crippen LogP contribution in [0.1, 0.15) is 35.4 Å². The first-order chi connectivity index (χ1) is 12.2. The molecule has 0 atom stereocenters. The number of piperazine rings is 1. The molecule has 3 rings (SSSR count). The van der Waals surface area contributed by atoms with E-state index in [1.54, 1.807) is 19.2 Å². The van der Waals surface area contributed by atoms with Gasteiger partial charge in [0.15, 0.2) is 5.82 Å². The van der Waals surface area contributed by atoms with Crippen LogP contribution in [0.3, 0.4) is 0 Å². The van der Waals surface area contributed by atoms with Crippen LogP contribution in [0.15, 0.2) is 28.8 Å². The fourth-order valence-corrected chi connectivity index (χ4v) is 2.90. The lowest BCUT2D eigenvalue weighted by atomic mass is 10.1. The second kappa shape index (κ2) is 8.11. The maximum Gasteiger partial charge on any atom is 0.253 e. The van der Waals surface area contributed by atoms with Gasteiger partial charge in [-0.05, 0) is 30.7 Å². The zero-order valence-corrected chi connectivity index (χ0v) is 14.8. The Labute approximate surface area is 147 Å². The van der Waals surface area contributed by atoms with Gasteiger partial charge in [-0.1, -0.05) is 12.1 Å². The molecule has 1 aliphatic heterocycles. The van der Waals surface area contributed by atoms with Crippen LogP contribution in [-0.2, 0) is 13.0 Å². The van der Waals surface area contributed by atoms with E-state index in [0.717, 1.165) is 37.5 Å². The fraction of sp³-hybridized carbons (Fsp3) is 0.500. The molecule has 0 radical (unpaired) electrons. The molecule has 0 unspecified atom stereocenters. The zero-order chi connectivity index (χ0) is 17.6. The van der Waals surface area contributed by atoms with Gasteiger partial charge in [0, 0.05) is 38.2 Å². The lowest BCUT2D eigenvalue weighted by Crippen LogP contribution is -2.48. The van der Waals surface area contributed by atoms with Gasteiger partial charge in [-0.15, -0.1) is 0 Å². The normalized spacial score (nSPS) is 15.4. The van der Waals surface area contributed by atoms with Gasteiger partial charge in [0.1, 0.15) is 5.75 Å². The number of hydrogen-bond donors (Lipinski definition) is 0. The number of ether oxygens (including phenoxy) is 1. The topological polar surface area (TPSA) is 71.7 Å². The molecule has 0 spiro atoms. The Hall–Kier alpha value is -2.41. The van der Waals surface area contributed by atoms with Crippen molar-refractivity contribution in [2.24, 2.45) is 0 Å². The van der Waals surface area contributed by atoms with E-state index in [9.17, 15) is 4.79 Å². The standard InChI is InChI=1S/C18H24N4O3/c1-3-4-16-19-17(25-20-16)13-21-9-11-22(12-10-21)18(23)14-5-7-15(24-2)8-6-14/h5-8H,3-4,9-13H2,1-2H3. The van der Waals surface area contributed by atoms with E-state index < -0.39 is 0 Å². The zero-order valence-electron chi connectivity index (χ0n) is 14.8. The number of rotatable bonds is 6. The van der Waals surface area contributed by atoms with Crippen LogP contribution < -0.4 is 4.74 Å². The molecule has 1 aliphatic rings. The van der Waals surface area contributed by atoms with Crippen LogP contribution in [-0.4, -0.2) is 59.1 Å². The van der Waals surface area contributed by atoms with E-state index in [0.29, 0.717) is 31.1 Å². The van der Waals surface area contributed by atoms with Gasteiger partial charge in [-0.25, -0.2) is 0 Å². The van der Waals surface area contributed by atoms with Crippen molar-refractivity contribution < 1.29 is 14.1 Å². The summed E-state index contributed by atoms with van der Waals surface area (Å²) in [5, 5.41) is 3.98. The Morgan fingerprint density at radius 2 is 1.92 bits per heavy atom. The number of amides is 1. The third kappa shape index (κ3) is 4.36. The summed E-state index contributed by atoms with van der Waals surface area (Å²) in [4.78, 5) is 21.1. The summed E-state index contributed by atoms with van der Waals surface area (Å²) in [6.45, 7) is 5.72. The van der Waals surface area contributed by atoms with Gasteiger partial charge in [0.05, 0.1) is 13.7 Å². The Kier molecular flexibility index (Phi) is 5.65. The van der Waals surface area contributed by atoms with Crippen LogP contribution >= 0.6 is 0 Å². The Morgan fingerprint density at radius 1 is 1.20 bits per heavy atom. The number of aromatic nitrogens is 2. The number of carbonyl (C=O) groups excluding carboxylic acids is 1. The monoisotopic (exact) mass is 344 g/mol. The minimum atomic E-state index is 0.0605. The number of methoxy groups -OCH3 is 1. The predicted octanol–water partition coefficient (Wildman–Crippen LogP) is 1.99. The quantitative estimate of drug-likeness (QED) is 0.798. The third-order valence-corrected chi connectivity index (χ3v) is 4.34. The molecule has 0 bridgehead atoms. The maximum absolute atomic E-state index is 12.6. The molecule has 1 fully saturated rings. The van der Waals surface area contributed by atoms with Gasteiger partial charge >= 0.3 is 0 Å². The first-order valence-corrected chi connectivity index (χ1v) is 8.66. The molecular formula is C18H24N4O3. The van der Waals surface area contributed by atoms with Crippen molar-refractivity contribution in [1.29, 1.82) is 0 Å². The molecule has 1 aromatic heterocycles. The molecule has 1 aromatic carbocycles. The maximum atomic E-state index is 12.6. The molecule has 1 saturated heterocycles. The molecule has 0 aliphatic carbocycles. The highest BCUT2D eigenvalue weighted by molar-refractivity contribution is 5.94. The average molecular weight is 344 g/mol. The van der Waals surface area contributed by atoms with E-state index in [2.05, 4.69) is 22.0 Å². The summed E-state index contributed by atoms with van der Waals surface area (Å²) in [6.07, 6.45) is 1.85. The van der Waals surface area contributed by atoms with Gasteiger partial charge in [0.25, 0.3) is 5.91 Å². The van der Waals surface area contributed by atoms with Crippen molar-refractivity contribution in [2.75, 3.05) is 33.3 Å². The smallest absolute Gasteiger partial charge is 0.253 e. The Balaban J connectivity index is 1.51. The molecular weight excluding hydrogens is 320 g/mol. The van der Waals surface area contributed by atoms with E-state index >= 15 is 0 Å². The lowest BCUT2D eigenvalue weighted by molar-refractivity contribution is 0.0615. The second-order valence-corrected chi connectivity index (χ2v) is 6.15. The Bertz CT molecular complexity index is 691. The van der Waals surface area contributed by atoms with Crippen LogP contribution in [0, 0.1) is 0 Å². The minimum Gasteiger partial charge on any atom is -0.497 e. The number of hydrogen-bond acceptors (Lipinski definition) is 6. The highest BCUT2D eigenvalue weighted by atomic mass is 16.5. The summed E-state index contributed by atoms with van der Waals surface area (Å²) >= 11 is 0. The second-order valence-electron chi connectivity index (χ2n) is 6.15. The van der Waals surface area contributed by atoms with Gasteiger partial charge < -0.3 is 14.2 Å². The largest absolute Gasteiger partial charge is 0.497 e. The summed E-state index contributed by atoms with van der Waals surface area (Å²) < 4.78 is 10.4. The predicted molar refractivity (Wildman–Crippen MR) is 92.5 cm³/mol. The third-order valence-electron chi connectivity index (χ3n) is 4.34. The molecule has 2 aromatic rings. The molecule has 1 amide bonds.